The zero-order valence-electron chi connectivity index (χ0n) is 12.9. The number of halogens is 1. The van der Waals surface area contributed by atoms with Gasteiger partial charge in [0.25, 0.3) is 0 Å². The second-order valence-electron chi connectivity index (χ2n) is 5.93. The molecule has 0 radical (unpaired) electrons. The van der Waals surface area contributed by atoms with Crippen LogP contribution in [0.15, 0.2) is 12.1 Å². The van der Waals surface area contributed by atoms with Gasteiger partial charge in [-0.25, -0.2) is 9.07 Å². The maximum absolute atomic E-state index is 13.7. The molecule has 3 N–H and O–H groups in total. The van der Waals surface area contributed by atoms with Gasteiger partial charge in [-0.05, 0) is 33.8 Å². The predicted molar refractivity (Wildman–Crippen MR) is 80.0 cm³/mol. The summed E-state index contributed by atoms with van der Waals surface area (Å²) < 4.78 is 20.5. The Morgan fingerprint density at radius 1 is 1.33 bits per heavy atom. The van der Waals surface area contributed by atoms with Crippen molar-refractivity contribution in [2.75, 3.05) is 12.8 Å². The zero-order chi connectivity index (χ0) is 15.9. The van der Waals surface area contributed by atoms with Crippen molar-refractivity contribution in [3.05, 3.63) is 23.6 Å². The molecule has 5 nitrogen and oxygen atoms in total. The summed E-state index contributed by atoms with van der Waals surface area (Å²) >= 11 is 0. The Hall–Kier alpha value is -2.24. The van der Waals surface area contributed by atoms with Crippen molar-refractivity contribution >= 4 is 5.82 Å². The Bertz CT molecular complexity index is 687. The van der Waals surface area contributed by atoms with Crippen LogP contribution in [0, 0.1) is 12.7 Å². The summed E-state index contributed by atoms with van der Waals surface area (Å²) in [6.07, 6.45) is 0. The highest BCUT2D eigenvalue weighted by Gasteiger charge is 2.25. The number of aryl methyl sites for hydroxylation is 1. The van der Waals surface area contributed by atoms with Crippen molar-refractivity contribution in [2.24, 2.45) is 0 Å². The van der Waals surface area contributed by atoms with Crippen LogP contribution in [0.25, 0.3) is 11.1 Å². The lowest BCUT2D eigenvalue weighted by molar-refractivity contribution is 0.360. The molecule has 114 valence electrons. The number of anilines is 1. The molecule has 21 heavy (non-hydrogen) atoms. The highest BCUT2D eigenvalue weighted by atomic mass is 19.1. The van der Waals surface area contributed by atoms with Crippen LogP contribution in [0.4, 0.5) is 10.2 Å². The first-order valence-electron chi connectivity index (χ1n) is 6.59. The van der Waals surface area contributed by atoms with E-state index in [1.165, 1.54) is 13.2 Å². The van der Waals surface area contributed by atoms with Gasteiger partial charge < -0.3 is 15.6 Å². The summed E-state index contributed by atoms with van der Waals surface area (Å²) in [5.41, 5.74) is 7.48. The van der Waals surface area contributed by atoms with Gasteiger partial charge in [0.2, 0.25) is 0 Å². The molecule has 0 saturated heterocycles. The highest BCUT2D eigenvalue weighted by molar-refractivity contribution is 5.82. The number of nitrogen functional groups attached to an aromatic ring is 1. The third-order valence-electron chi connectivity index (χ3n) is 3.24. The van der Waals surface area contributed by atoms with Gasteiger partial charge in [-0.3, -0.25) is 0 Å². The molecule has 0 atom stereocenters. The molecule has 6 heteroatoms. The van der Waals surface area contributed by atoms with E-state index in [4.69, 9.17) is 10.5 Å². The fraction of sp³-hybridized carbons (Fsp3) is 0.400. The monoisotopic (exact) mass is 293 g/mol. The van der Waals surface area contributed by atoms with Gasteiger partial charge in [-0.15, -0.1) is 0 Å². The van der Waals surface area contributed by atoms with Gasteiger partial charge in [0.15, 0.2) is 11.5 Å². The average molecular weight is 293 g/mol. The third-order valence-corrected chi connectivity index (χ3v) is 3.24. The van der Waals surface area contributed by atoms with E-state index in [-0.39, 0.29) is 17.0 Å². The minimum Gasteiger partial charge on any atom is -0.504 e. The smallest absolute Gasteiger partial charge is 0.168 e. The van der Waals surface area contributed by atoms with E-state index in [1.54, 1.807) is 11.6 Å². The Labute approximate surface area is 123 Å². The number of benzene rings is 1. The van der Waals surface area contributed by atoms with Crippen LogP contribution in [-0.4, -0.2) is 22.0 Å². The second kappa shape index (κ2) is 4.95. The third kappa shape index (κ3) is 2.53. The highest BCUT2D eigenvalue weighted by Crippen LogP contribution is 2.42. The molecule has 0 fully saturated rings. The van der Waals surface area contributed by atoms with Crippen LogP contribution < -0.4 is 10.5 Å². The number of ether oxygens (including phenoxy) is 1. The largest absolute Gasteiger partial charge is 0.504 e. The van der Waals surface area contributed by atoms with Gasteiger partial charge in [0.1, 0.15) is 11.6 Å². The summed E-state index contributed by atoms with van der Waals surface area (Å²) in [7, 11) is 1.41. The summed E-state index contributed by atoms with van der Waals surface area (Å²) in [6, 6.07) is 2.29. The summed E-state index contributed by atoms with van der Waals surface area (Å²) in [4.78, 5) is 0. The Morgan fingerprint density at radius 2 is 1.95 bits per heavy atom. The van der Waals surface area contributed by atoms with Crippen molar-refractivity contribution in [3.8, 4) is 22.6 Å². The number of rotatable bonds is 2. The molecule has 0 saturated carbocycles. The number of hydrogen-bond donors (Lipinski definition) is 2. The number of methoxy groups -OCH3 is 1. The van der Waals surface area contributed by atoms with E-state index in [9.17, 15) is 9.50 Å². The quantitative estimate of drug-likeness (QED) is 0.892. The number of phenolic OH excluding ortho intramolecular Hbond substituents is 1. The maximum atomic E-state index is 13.7. The number of nitrogens with zero attached hydrogens (tertiary/aromatic N) is 2. The van der Waals surface area contributed by atoms with E-state index in [1.807, 2.05) is 20.8 Å². The lowest BCUT2D eigenvalue weighted by Gasteiger charge is -2.21. The van der Waals surface area contributed by atoms with Crippen molar-refractivity contribution in [1.82, 2.24) is 9.78 Å². The van der Waals surface area contributed by atoms with E-state index in [0.717, 1.165) is 6.07 Å². The van der Waals surface area contributed by atoms with Crippen molar-refractivity contribution < 1.29 is 14.2 Å². The molecule has 0 bridgehead atoms. The van der Waals surface area contributed by atoms with E-state index in [2.05, 4.69) is 5.10 Å². The minimum atomic E-state index is -0.564. The van der Waals surface area contributed by atoms with Gasteiger partial charge in [-0.2, -0.15) is 5.10 Å². The predicted octanol–water partition coefficient (Wildman–Crippen LogP) is 3.05. The van der Waals surface area contributed by atoms with Gasteiger partial charge in [-0.1, -0.05) is 0 Å². The number of phenols is 1. The fourth-order valence-electron chi connectivity index (χ4n) is 2.37. The Morgan fingerprint density at radius 3 is 2.43 bits per heavy atom. The first-order chi connectivity index (χ1) is 9.66. The lowest BCUT2D eigenvalue weighted by Crippen LogP contribution is -2.24. The topological polar surface area (TPSA) is 73.3 Å². The summed E-state index contributed by atoms with van der Waals surface area (Å²) in [6.45, 7) is 7.70. The molecule has 1 aromatic heterocycles. The Balaban J connectivity index is 2.77. The van der Waals surface area contributed by atoms with E-state index < -0.39 is 5.82 Å². The van der Waals surface area contributed by atoms with Crippen LogP contribution in [0.2, 0.25) is 0 Å². The molecule has 1 aromatic carbocycles. The average Bonchev–Trinajstić information content (AvgIpc) is 2.63. The molecule has 1 heterocycles. The molecule has 0 aliphatic rings. The van der Waals surface area contributed by atoms with Crippen LogP contribution in [0.5, 0.6) is 11.5 Å². The maximum Gasteiger partial charge on any atom is 0.168 e. The number of hydrogen-bond acceptors (Lipinski definition) is 4. The molecule has 2 aromatic rings. The first kappa shape index (κ1) is 15.2. The molecule has 0 aliphatic carbocycles. The molecular weight excluding hydrogens is 273 g/mol. The molecular formula is C15H20FN3O2. The van der Waals surface area contributed by atoms with Crippen LogP contribution >= 0.6 is 0 Å². The number of aromatic hydroxyl groups is 1. The molecule has 0 spiro atoms. The second-order valence-corrected chi connectivity index (χ2v) is 5.93. The SMILES string of the molecule is COc1c(O)cc(F)cc1-c1c(C)nn(C(C)(C)C)c1N. The van der Waals surface area contributed by atoms with E-state index >= 15 is 0 Å². The fourth-order valence-corrected chi connectivity index (χ4v) is 2.37. The van der Waals surface area contributed by atoms with E-state index in [0.29, 0.717) is 22.6 Å². The zero-order valence-corrected chi connectivity index (χ0v) is 12.9. The standard InChI is InChI=1S/C15H20FN3O2/c1-8-12(14(17)19(18-8)15(2,3)4)10-6-9(16)7-11(20)13(10)21-5/h6-7,20H,17H2,1-5H3. The summed E-state index contributed by atoms with van der Waals surface area (Å²) in [5, 5.41) is 14.3. The van der Waals surface area contributed by atoms with Gasteiger partial charge in [0, 0.05) is 11.6 Å². The lowest BCUT2D eigenvalue weighted by atomic mass is 10.0. The number of aromatic nitrogens is 2. The van der Waals surface area contributed by atoms with Crippen LogP contribution in [0.3, 0.4) is 0 Å². The van der Waals surface area contributed by atoms with Crippen LogP contribution in [0.1, 0.15) is 26.5 Å². The summed E-state index contributed by atoms with van der Waals surface area (Å²) in [5.74, 6) is -0.247. The molecule has 0 unspecified atom stereocenters. The van der Waals surface area contributed by atoms with Crippen molar-refractivity contribution in [1.29, 1.82) is 0 Å². The molecule has 2 rings (SSSR count). The minimum absolute atomic E-state index is 0.180. The molecule has 0 amide bonds. The van der Waals surface area contributed by atoms with Gasteiger partial charge >= 0.3 is 0 Å². The van der Waals surface area contributed by atoms with Gasteiger partial charge in [0.05, 0.1) is 23.9 Å². The first-order valence-corrected chi connectivity index (χ1v) is 6.59. The van der Waals surface area contributed by atoms with Crippen molar-refractivity contribution in [2.45, 2.75) is 33.2 Å². The van der Waals surface area contributed by atoms with Crippen LogP contribution in [-0.2, 0) is 5.54 Å². The normalized spacial score (nSPS) is 11.7. The Kier molecular flexibility index (Phi) is 3.57. The molecule has 0 aliphatic heterocycles. The van der Waals surface area contributed by atoms with Crippen molar-refractivity contribution in [3.63, 3.8) is 0 Å². The number of nitrogens with two attached hydrogens (primary N) is 1.